The third-order valence-corrected chi connectivity index (χ3v) is 6.07. The Bertz CT molecular complexity index is 1040. The number of para-hydroxylation sites is 2. The summed E-state index contributed by atoms with van der Waals surface area (Å²) in [7, 11) is -3.75. The number of hydrogen-bond acceptors (Lipinski definition) is 3. The summed E-state index contributed by atoms with van der Waals surface area (Å²) in [6.07, 6.45) is 0.751. The van der Waals surface area contributed by atoms with Crippen molar-refractivity contribution in [2.24, 2.45) is 0 Å². The molecule has 0 unspecified atom stereocenters. The fourth-order valence-electron chi connectivity index (χ4n) is 3.19. The maximum atomic E-state index is 13.1. The third-order valence-electron chi connectivity index (χ3n) is 4.47. The van der Waals surface area contributed by atoms with Crippen LogP contribution in [-0.2, 0) is 16.4 Å². The number of rotatable bonds is 5. The topological polar surface area (TPSA) is 64.0 Å². The Hall–Kier alpha value is -2.60. The van der Waals surface area contributed by atoms with Gasteiger partial charge in [-0.1, -0.05) is 43.3 Å². The number of nitrogens with zero attached hydrogens (tertiary/aromatic N) is 2. The van der Waals surface area contributed by atoms with Gasteiger partial charge in [-0.15, -0.1) is 0 Å². The van der Waals surface area contributed by atoms with Crippen LogP contribution in [0.2, 0.25) is 0 Å². The van der Waals surface area contributed by atoms with Crippen LogP contribution in [0.1, 0.15) is 29.4 Å². The van der Waals surface area contributed by atoms with Gasteiger partial charge < -0.3 is 0 Å². The van der Waals surface area contributed by atoms with Crippen LogP contribution in [0.5, 0.6) is 0 Å². The van der Waals surface area contributed by atoms with Gasteiger partial charge in [0, 0.05) is 0 Å². The molecule has 5 nitrogen and oxygen atoms in total. The van der Waals surface area contributed by atoms with E-state index in [1.165, 1.54) is 0 Å². The average Bonchev–Trinajstić information content (AvgIpc) is 2.92. The van der Waals surface area contributed by atoms with Gasteiger partial charge >= 0.3 is 0 Å². The maximum Gasteiger partial charge on any atom is 0.265 e. The van der Waals surface area contributed by atoms with Crippen LogP contribution in [-0.4, -0.2) is 18.2 Å². The Labute approximate surface area is 154 Å². The molecule has 3 rings (SSSR count). The molecule has 0 bridgehead atoms. The first-order valence-electron chi connectivity index (χ1n) is 8.58. The first-order chi connectivity index (χ1) is 12.3. The van der Waals surface area contributed by atoms with Gasteiger partial charge in [-0.05, 0) is 50.5 Å². The van der Waals surface area contributed by atoms with Crippen molar-refractivity contribution in [1.82, 2.24) is 9.78 Å². The summed E-state index contributed by atoms with van der Waals surface area (Å²) < 4.78 is 30.7. The van der Waals surface area contributed by atoms with Gasteiger partial charge in [-0.2, -0.15) is 5.10 Å². The number of benzene rings is 2. The highest BCUT2D eigenvalue weighted by atomic mass is 32.2. The van der Waals surface area contributed by atoms with Crippen LogP contribution in [0.4, 0.5) is 5.69 Å². The second-order valence-electron chi connectivity index (χ2n) is 6.32. The molecule has 0 spiro atoms. The standard InChI is InChI=1S/C20H23N3O2S/c1-5-17-11-9-10-14(2)19(17)22-26(24,25)20-15(3)21-23(16(20)4)18-12-7-6-8-13-18/h6-13,22H,5H2,1-4H3. The van der Waals surface area contributed by atoms with Gasteiger partial charge in [0.05, 0.1) is 22.8 Å². The highest BCUT2D eigenvalue weighted by Crippen LogP contribution is 2.28. The van der Waals surface area contributed by atoms with E-state index in [2.05, 4.69) is 9.82 Å². The van der Waals surface area contributed by atoms with Gasteiger partial charge in [-0.3, -0.25) is 4.72 Å². The van der Waals surface area contributed by atoms with Crippen molar-refractivity contribution in [1.29, 1.82) is 0 Å². The molecule has 0 aliphatic rings. The molecule has 1 aromatic heterocycles. The van der Waals surface area contributed by atoms with E-state index in [1.807, 2.05) is 62.4 Å². The number of anilines is 1. The van der Waals surface area contributed by atoms with Crippen molar-refractivity contribution in [3.8, 4) is 5.69 Å². The smallest absolute Gasteiger partial charge is 0.265 e. The molecule has 1 heterocycles. The molecule has 0 radical (unpaired) electrons. The summed E-state index contributed by atoms with van der Waals surface area (Å²) in [6.45, 7) is 7.42. The van der Waals surface area contributed by atoms with Gasteiger partial charge in [0.1, 0.15) is 4.90 Å². The second-order valence-corrected chi connectivity index (χ2v) is 7.93. The highest BCUT2D eigenvalue weighted by Gasteiger charge is 2.26. The van der Waals surface area contributed by atoms with Crippen LogP contribution in [0.15, 0.2) is 53.4 Å². The molecular weight excluding hydrogens is 346 g/mol. The Morgan fingerprint density at radius 1 is 1.00 bits per heavy atom. The molecule has 0 amide bonds. The predicted octanol–water partition coefficient (Wildman–Crippen LogP) is 4.16. The van der Waals surface area contributed by atoms with Crippen LogP contribution in [0.3, 0.4) is 0 Å². The molecule has 1 N–H and O–H groups in total. The van der Waals surface area contributed by atoms with E-state index >= 15 is 0 Å². The SMILES string of the molecule is CCc1cccc(C)c1NS(=O)(=O)c1c(C)nn(-c2ccccc2)c1C. The number of nitrogens with one attached hydrogen (secondary N) is 1. The molecule has 0 aliphatic heterocycles. The second kappa shape index (κ2) is 6.96. The monoisotopic (exact) mass is 369 g/mol. The Morgan fingerprint density at radius 3 is 2.35 bits per heavy atom. The normalized spacial score (nSPS) is 11.5. The van der Waals surface area contributed by atoms with E-state index in [4.69, 9.17) is 0 Å². The number of aryl methyl sites for hydroxylation is 3. The predicted molar refractivity (Wildman–Crippen MR) is 104 cm³/mol. The lowest BCUT2D eigenvalue weighted by Gasteiger charge is -2.14. The minimum absolute atomic E-state index is 0.228. The van der Waals surface area contributed by atoms with Crippen LogP contribution >= 0.6 is 0 Å². The molecule has 136 valence electrons. The molecular formula is C20H23N3O2S. The molecule has 0 saturated heterocycles. The first kappa shape index (κ1) is 18.2. The lowest BCUT2D eigenvalue weighted by molar-refractivity contribution is 0.600. The molecule has 0 aliphatic carbocycles. The van der Waals surface area contributed by atoms with Gasteiger partial charge in [-0.25, -0.2) is 13.1 Å². The molecule has 26 heavy (non-hydrogen) atoms. The largest absolute Gasteiger partial charge is 0.279 e. The van der Waals surface area contributed by atoms with Crippen molar-refractivity contribution in [3.05, 3.63) is 71.0 Å². The fourth-order valence-corrected chi connectivity index (χ4v) is 4.76. The summed E-state index contributed by atoms with van der Waals surface area (Å²) >= 11 is 0. The van der Waals surface area contributed by atoms with Crippen molar-refractivity contribution in [2.75, 3.05) is 4.72 Å². The van der Waals surface area contributed by atoms with E-state index in [9.17, 15) is 8.42 Å². The Balaban J connectivity index is 2.08. The van der Waals surface area contributed by atoms with E-state index < -0.39 is 10.0 Å². The van der Waals surface area contributed by atoms with Crippen LogP contribution in [0, 0.1) is 20.8 Å². The summed E-state index contributed by atoms with van der Waals surface area (Å²) in [6, 6.07) is 15.3. The molecule has 6 heteroatoms. The minimum Gasteiger partial charge on any atom is -0.279 e. The summed E-state index contributed by atoms with van der Waals surface area (Å²) in [5, 5.41) is 4.45. The lowest BCUT2D eigenvalue weighted by atomic mass is 10.1. The zero-order valence-corrected chi connectivity index (χ0v) is 16.3. The van der Waals surface area contributed by atoms with Crippen LogP contribution in [0.25, 0.3) is 5.69 Å². The zero-order valence-electron chi connectivity index (χ0n) is 15.4. The van der Waals surface area contributed by atoms with Crippen molar-refractivity contribution in [3.63, 3.8) is 0 Å². The number of hydrogen-bond donors (Lipinski definition) is 1. The van der Waals surface area contributed by atoms with Gasteiger partial charge in [0.2, 0.25) is 0 Å². The van der Waals surface area contributed by atoms with E-state index in [1.54, 1.807) is 18.5 Å². The molecule has 2 aromatic carbocycles. The fraction of sp³-hybridized carbons (Fsp3) is 0.250. The van der Waals surface area contributed by atoms with Gasteiger partial charge in [0.15, 0.2) is 0 Å². The van der Waals surface area contributed by atoms with Crippen molar-refractivity contribution < 1.29 is 8.42 Å². The van der Waals surface area contributed by atoms with E-state index in [0.29, 0.717) is 17.1 Å². The molecule has 0 saturated carbocycles. The molecule has 0 atom stereocenters. The van der Waals surface area contributed by atoms with Crippen molar-refractivity contribution >= 4 is 15.7 Å². The lowest BCUT2D eigenvalue weighted by Crippen LogP contribution is -2.17. The molecule has 0 fully saturated rings. The van der Waals surface area contributed by atoms with E-state index in [-0.39, 0.29) is 4.90 Å². The number of sulfonamides is 1. The van der Waals surface area contributed by atoms with Crippen LogP contribution < -0.4 is 4.72 Å². The molecule has 3 aromatic rings. The summed E-state index contributed by atoms with van der Waals surface area (Å²) in [5.74, 6) is 0. The summed E-state index contributed by atoms with van der Waals surface area (Å²) in [5.41, 5.74) is 4.43. The maximum absolute atomic E-state index is 13.1. The minimum atomic E-state index is -3.75. The van der Waals surface area contributed by atoms with E-state index in [0.717, 1.165) is 23.2 Å². The Morgan fingerprint density at radius 2 is 1.69 bits per heavy atom. The third kappa shape index (κ3) is 3.24. The number of aromatic nitrogens is 2. The zero-order chi connectivity index (χ0) is 18.9. The first-order valence-corrected chi connectivity index (χ1v) is 10.1. The Kier molecular flexibility index (Phi) is 4.87. The highest BCUT2D eigenvalue weighted by molar-refractivity contribution is 7.92. The quantitative estimate of drug-likeness (QED) is 0.734. The van der Waals surface area contributed by atoms with Gasteiger partial charge in [0.25, 0.3) is 10.0 Å². The average molecular weight is 369 g/mol. The summed E-state index contributed by atoms with van der Waals surface area (Å²) in [4.78, 5) is 0.228. The van der Waals surface area contributed by atoms with Crippen molar-refractivity contribution in [2.45, 2.75) is 39.0 Å².